The van der Waals surface area contributed by atoms with Gasteiger partial charge in [-0.15, -0.1) is 0 Å². The summed E-state index contributed by atoms with van der Waals surface area (Å²) in [7, 11) is 1.64. The number of ether oxygens (including phenoxy) is 2. The largest absolute Gasteiger partial charge is 0.493 e. The van der Waals surface area contributed by atoms with E-state index in [-0.39, 0.29) is 6.03 Å². The number of nitrogens with one attached hydrogen (secondary N) is 1. The maximum Gasteiger partial charge on any atom is 0.322 e. The molecule has 0 saturated carbocycles. The summed E-state index contributed by atoms with van der Waals surface area (Å²) in [6.45, 7) is 8.71. The quantitative estimate of drug-likeness (QED) is 0.380. The summed E-state index contributed by atoms with van der Waals surface area (Å²) >= 11 is 0. The van der Waals surface area contributed by atoms with Crippen molar-refractivity contribution in [2.45, 2.75) is 39.8 Å². The van der Waals surface area contributed by atoms with Gasteiger partial charge in [0.2, 0.25) is 0 Å². The van der Waals surface area contributed by atoms with Crippen molar-refractivity contribution in [2.75, 3.05) is 38.6 Å². The summed E-state index contributed by atoms with van der Waals surface area (Å²) in [5.74, 6) is 1.35. The molecule has 1 fully saturated rings. The zero-order valence-electron chi connectivity index (χ0n) is 21.6. The molecule has 0 radical (unpaired) electrons. The van der Waals surface area contributed by atoms with E-state index in [0.29, 0.717) is 31.2 Å². The molecule has 1 N–H and O–H groups in total. The third-order valence-corrected chi connectivity index (χ3v) is 6.72. The predicted octanol–water partition coefficient (Wildman–Crippen LogP) is 6.02. The number of benzene rings is 3. The van der Waals surface area contributed by atoms with Gasteiger partial charge in [-0.2, -0.15) is 0 Å². The second-order valence-electron chi connectivity index (χ2n) is 9.43. The smallest absolute Gasteiger partial charge is 0.322 e. The molecule has 4 rings (SSSR count). The van der Waals surface area contributed by atoms with Gasteiger partial charge in [0, 0.05) is 25.3 Å². The highest BCUT2D eigenvalue weighted by atomic mass is 16.5. The number of urea groups is 1. The number of hydrogen-bond acceptors (Lipinski definition) is 4. The van der Waals surface area contributed by atoms with Crippen LogP contribution in [-0.2, 0) is 13.2 Å². The lowest BCUT2D eigenvalue weighted by Gasteiger charge is -2.27. The Hall–Kier alpha value is -3.51. The average molecular weight is 488 g/mol. The van der Waals surface area contributed by atoms with Gasteiger partial charge in [-0.1, -0.05) is 54.6 Å². The first-order chi connectivity index (χ1) is 17.5. The molecule has 6 heteroatoms. The molecule has 1 heterocycles. The minimum atomic E-state index is -0.0887. The number of carbonyl (C=O) groups excluding carboxylic acids is 1. The number of hydrogen-bond donors (Lipinski definition) is 1. The number of nitrogens with zero attached hydrogens (tertiary/aromatic N) is 2. The lowest BCUT2D eigenvalue weighted by Crippen LogP contribution is -2.40. The van der Waals surface area contributed by atoms with Gasteiger partial charge < -0.3 is 24.6 Å². The maximum absolute atomic E-state index is 13.5. The fourth-order valence-corrected chi connectivity index (χ4v) is 4.61. The molecule has 36 heavy (non-hydrogen) atoms. The van der Waals surface area contributed by atoms with Gasteiger partial charge in [0.05, 0.1) is 7.11 Å². The number of likely N-dealkylation sites (tertiary alicyclic amines) is 1. The second kappa shape index (κ2) is 12.5. The van der Waals surface area contributed by atoms with Crippen molar-refractivity contribution in [1.82, 2.24) is 9.80 Å². The molecule has 0 aliphatic carbocycles. The molecule has 0 aromatic heterocycles. The van der Waals surface area contributed by atoms with Crippen molar-refractivity contribution < 1.29 is 14.3 Å². The van der Waals surface area contributed by atoms with Crippen LogP contribution in [0.25, 0.3) is 0 Å². The molecule has 6 nitrogen and oxygen atoms in total. The molecule has 0 atom stereocenters. The van der Waals surface area contributed by atoms with Gasteiger partial charge in [0.1, 0.15) is 6.61 Å². The summed E-state index contributed by atoms with van der Waals surface area (Å²) < 4.78 is 11.6. The number of carbonyl (C=O) groups is 1. The average Bonchev–Trinajstić information content (AvgIpc) is 3.42. The molecule has 0 unspecified atom stereocenters. The minimum absolute atomic E-state index is 0.0887. The Kier molecular flexibility index (Phi) is 8.85. The summed E-state index contributed by atoms with van der Waals surface area (Å²) in [6.07, 6.45) is 2.46. The Labute approximate surface area is 214 Å². The van der Waals surface area contributed by atoms with Crippen molar-refractivity contribution >= 4 is 11.7 Å². The Balaban J connectivity index is 1.51. The Morgan fingerprint density at radius 2 is 1.64 bits per heavy atom. The molecule has 3 aromatic rings. The van der Waals surface area contributed by atoms with Crippen molar-refractivity contribution in [2.24, 2.45) is 0 Å². The van der Waals surface area contributed by atoms with Crippen molar-refractivity contribution in [3.8, 4) is 11.5 Å². The summed E-state index contributed by atoms with van der Waals surface area (Å²) in [5, 5.41) is 3.17. The SMILES string of the molecule is COc1ccc(CN(CCN2CCCC2)C(=O)Nc2c(C)cccc2C)cc1OCc1ccccc1. The van der Waals surface area contributed by atoms with E-state index in [2.05, 4.69) is 10.2 Å². The standard InChI is InChI=1S/C30H37N3O3/c1-23-10-9-11-24(2)29(23)31-30(34)33(19-18-32-16-7-8-17-32)21-26-14-15-27(35-3)28(20-26)36-22-25-12-5-4-6-13-25/h4-6,9-15,20H,7-8,16-19,21-22H2,1-3H3,(H,31,34). The van der Waals surface area contributed by atoms with E-state index in [0.717, 1.165) is 47.6 Å². The Bertz CT molecular complexity index is 1120. The molecule has 1 saturated heterocycles. The van der Waals surface area contributed by atoms with Crippen LogP contribution in [0.2, 0.25) is 0 Å². The maximum atomic E-state index is 13.5. The van der Waals surface area contributed by atoms with Crippen LogP contribution in [0, 0.1) is 13.8 Å². The molecule has 0 bridgehead atoms. The minimum Gasteiger partial charge on any atom is -0.493 e. The van der Waals surface area contributed by atoms with Crippen molar-refractivity contribution in [3.63, 3.8) is 0 Å². The number of para-hydroxylation sites is 1. The Morgan fingerprint density at radius 3 is 2.33 bits per heavy atom. The second-order valence-corrected chi connectivity index (χ2v) is 9.43. The van der Waals surface area contributed by atoms with Crippen LogP contribution in [0.1, 0.15) is 35.1 Å². The van der Waals surface area contributed by atoms with Crippen LogP contribution in [0.15, 0.2) is 66.7 Å². The van der Waals surface area contributed by atoms with Gasteiger partial charge in [0.15, 0.2) is 11.5 Å². The molecule has 1 aliphatic heterocycles. The molecular weight excluding hydrogens is 450 g/mol. The number of anilines is 1. The highest BCUT2D eigenvalue weighted by Crippen LogP contribution is 2.30. The lowest BCUT2D eigenvalue weighted by molar-refractivity contribution is 0.197. The van der Waals surface area contributed by atoms with Crippen LogP contribution in [0.3, 0.4) is 0 Å². The van der Waals surface area contributed by atoms with Gasteiger partial charge in [-0.3, -0.25) is 0 Å². The monoisotopic (exact) mass is 487 g/mol. The highest BCUT2D eigenvalue weighted by Gasteiger charge is 2.20. The molecular formula is C30H37N3O3. The number of rotatable bonds is 10. The van der Waals surface area contributed by atoms with E-state index < -0.39 is 0 Å². The fraction of sp³-hybridized carbons (Fsp3) is 0.367. The normalized spacial score (nSPS) is 13.4. The van der Waals surface area contributed by atoms with E-state index in [1.807, 2.05) is 85.5 Å². The lowest BCUT2D eigenvalue weighted by atomic mass is 10.1. The van der Waals surface area contributed by atoms with E-state index >= 15 is 0 Å². The zero-order chi connectivity index (χ0) is 25.3. The molecule has 3 aromatic carbocycles. The fourth-order valence-electron chi connectivity index (χ4n) is 4.61. The number of methoxy groups -OCH3 is 1. The summed E-state index contributed by atoms with van der Waals surface area (Å²) in [4.78, 5) is 17.8. The van der Waals surface area contributed by atoms with Crippen LogP contribution in [-0.4, -0.2) is 49.1 Å². The van der Waals surface area contributed by atoms with Gasteiger partial charge in [-0.05, 0) is 74.2 Å². The third-order valence-electron chi connectivity index (χ3n) is 6.72. The predicted molar refractivity (Wildman–Crippen MR) is 145 cm³/mol. The van der Waals surface area contributed by atoms with E-state index in [4.69, 9.17) is 9.47 Å². The molecule has 1 aliphatic rings. The summed E-state index contributed by atoms with van der Waals surface area (Å²) in [6, 6.07) is 21.9. The molecule has 2 amide bonds. The van der Waals surface area contributed by atoms with Crippen molar-refractivity contribution in [3.05, 3.63) is 89.0 Å². The van der Waals surface area contributed by atoms with Gasteiger partial charge >= 0.3 is 6.03 Å². The van der Waals surface area contributed by atoms with Gasteiger partial charge in [0.25, 0.3) is 0 Å². The Morgan fingerprint density at radius 1 is 0.917 bits per heavy atom. The van der Waals surface area contributed by atoms with E-state index in [1.165, 1.54) is 12.8 Å². The number of amides is 2. The van der Waals surface area contributed by atoms with Crippen LogP contribution in [0.5, 0.6) is 11.5 Å². The van der Waals surface area contributed by atoms with Crippen LogP contribution in [0.4, 0.5) is 10.5 Å². The first kappa shape index (κ1) is 25.6. The molecule has 0 spiro atoms. The first-order valence-corrected chi connectivity index (χ1v) is 12.7. The third kappa shape index (κ3) is 6.79. The van der Waals surface area contributed by atoms with Crippen LogP contribution < -0.4 is 14.8 Å². The first-order valence-electron chi connectivity index (χ1n) is 12.7. The molecule has 190 valence electrons. The number of aryl methyl sites for hydroxylation is 2. The van der Waals surface area contributed by atoms with Crippen molar-refractivity contribution in [1.29, 1.82) is 0 Å². The van der Waals surface area contributed by atoms with E-state index in [9.17, 15) is 4.79 Å². The summed E-state index contributed by atoms with van der Waals surface area (Å²) in [5.41, 5.74) is 5.09. The van der Waals surface area contributed by atoms with Crippen LogP contribution >= 0.6 is 0 Å². The van der Waals surface area contributed by atoms with E-state index in [1.54, 1.807) is 7.11 Å². The highest BCUT2D eigenvalue weighted by molar-refractivity contribution is 5.91. The van der Waals surface area contributed by atoms with Gasteiger partial charge in [-0.25, -0.2) is 4.79 Å². The zero-order valence-corrected chi connectivity index (χ0v) is 21.6. The topological polar surface area (TPSA) is 54.0 Å².